The number of benzene rings is 2. The standard InChI is InChI=1S/C28H24N4O5/c33-22-9-8-17(15-23(22)34)10-12-30-25(35)16-20(18-11-13-29-21-6-2-1-5-19(18)21)26-27(36)31-24-7-3-4-14-32(24)28(26)37/h1-9,11,13-15,20,33-34,36H,10,12,16H2,(H,30,35). The van der Waals surface area contributed by atoms with Gasteiger partial charge in [0.05, 0.1) is 11.1 Å². The minimum absolute atomic E-state index is 0.0265. The van der Waals surface area contributed by atoms with Gasteiger partial charge in [0, 0.05) is 36.7 Å². The van der Waals surface area contributed by atoms with Gasteiger partial charge in [-0.05, 0) is 53.9 Å². The maximum atomic E-state index is 13.5. The lowest BCUT2D eigenvalue weighted by Gasteiger charge is -2.20. The third-order valence-corrected chi connectivity index (χ3v) is 6.32. The summed E-state index contributed by atoms with van der Waals surface area (Å²) in [5, 5.41) is 33.6. The van der Waals surface area contributed by atoms with E-state index in [4.69, 9.17) is 0 Å². The number of nitrogens with one attached hydrogen (secondary N) is 1. The number of aromatic hydroxyl groups is 3. The summed E-state index contributed by atoms with van der Waals surface area (Å²) in [6, 6.07) is 18.7. The molecule has 5 aromatic rings. The van der Waals surface area contributed by atoms with Crippen LogP contribution in [0.1, 0.15) is 29.0 Å². The maximum Gasteiger partial charge on any atom is 0.265 e. The average molecular weight is 497 g/mol. The maximum absolute atomic E-state index is 13.5. The summed E-state index contributed by atoms with van der Waals surface area (Å²) in [5.41, 5.74) is 1.98. The molecule has 0 aliphatic carbocycles. The van der Waals surface area contributed by atoms with Crippen LogP contribution in [-0.4, -0.2) is 42.1 Å². The van der Waals surface area contributed by atoms with Gasteiger partial charge >= 0.3 is 0 Å². The Kier molecular flexibility index (Phi) is 6.42. The van der Waals surface area contributed by atoms with Crippen molar-refractivity contribution in [3.63, 3.8) is 0 Å². The first-order valence-corrected chi connectivity index (χ1v) is 11.7. The van der Waals surface area contributed by atoms with Crippen molar-refractivity contribution in [2.24, 2.45) is 0 Å². The Balaban J connectivity index is 1.49. The van der Waals surface area contributed by atoms with E-state index in [2.05, 4.69) is 15.3 Å². The van der Waals surface area contributed by atoms with Crippen molar-refractivity contribution in [1.29, 1.82) is 0 Å². The second-order valence-electron chi connectivity index (χ2n) is 8.68. The fourth-order valence-electron chi connectivity index (χ4n) is 4.51. The summed E-state index contributed by atoms with van der Waals surface area (Å²) in [6.45, 7) is 0.272. The van der Waals surface area contributed by atoms with Gasteiger partial charge in [-0.2, -0.15) is 4.98 Å². The molecule has 2 aromatic carbocycles. The van der Waals surface area contributed by atoms with Gasteiger partial charge in [-0.3, -0.25) is 19.0 Å². The topological polar surface area (TPSA) is 137 Å². The van der Waals surface area contributed by atoms with Gasteiger partial charge in [-0.25, -0.2) is 0 Å². The molecule has 0 saturated heterocycles. The number of pyridine rings is 2. The van der Waals surface area contributed by atoms with Crippen molar-refractivity contribution < 1.29 is 20.1 Å². The molecule has 3 heterocycles. The SMILES string of the molecule is O=C(CC(c1c(O)nc2ccccn2c1=O)c1ccnc2ccccc12)NCCc1ccc(O)c(O)c1. The second kappa shape index (κ2) is 9.98. The van der Waals surface area contributed by atoms with Gasteiger partial charge < -0.3 is 20.6 Å². The van der Waals surface area contributed by atoms with Crippen molar-refractivity contribution >= 4 is 22.5 Å². The number of fused-ring (bicyclic) bond motifs is 2. The van der Waals surface area contributed by atoms with E-state index in [9.17, 15) is 24.9 Å². The molecule has 0 aliphatic rings. The molecule has 0 radical (unpaired) electrons. The predicted molar refractivity (Wildman–Crippen MR) is 138 cm³/mol. The van der Waals surface area contributed by atoms with Crippen LogP contribution in [-0.2, 0) is 11.2 Å². The Morgan fingerprint density at radius 3 is 2.62 bits per heavy atom. The van der Waals surface area contributed by atoms with Crippen LogP contribution in [0.15, 0.2) is 83.9 Å². The minimum atomic E-state index is -0.789. The summed E-state index contributed by atoms with van der Waals surface area (Å²) in [5.74, 6) is -1.98. The third-order valence-electron chi connectivity index (χ3n) is 6.32. The number of phenols is 2. The Bertz CT molecular complexity index is 1680. The molecule has 1 unspecified atom stereocenters. The fraction of sp³-hybridized carbons (Fsp3) is 0.143. The molecule has 186 valence electrons. The van der Waals surface area contributed by atoms with Crippen LogP contribution in [0.25, 0.3) is 16.6 Å². The molecule has 1 amide bonds. The summed E-state index contributed by atoms with van der Waals surface area (Å²) in [6.07, 6.45) is 3.50. The first-order valence-electron chi connectivity index (χ1n) is 11.7. The number of phenolic OH excluding ortho intramolecular Hbond substituents is 2. The van der Waals surface area contributed by atoms with Crippen LogP contribution < -0.4 is 10.9 Å². The van der Waals surface area contributed by atoms with Crippen molar-refractivity contribution in [2.75, 3.05) is 6.54 Å². The number of amides is 1. The number of hydrogen-bond donors (Lipinski definition) is 4. The quantitative estimate of drug-likeness (QED) is 0.254. The Labute approximate surface area is 211 Å². The molecule has 0 bridgehead atoms. The van der Waals surface area contributed by atoms with Crippen LogP contribution in [0, 0.1) is 0 Å². The molecule has 37 heavy (non-hydrogen) atoms. The number of rotatable bonds is 7. The van der Waals surface area contributed by atoms with Gasteiger partial charge in [0.1, 0.15) is 5.65 Å². The first-order chi connectivity index (χ1) is 17.9. The first kappa shape index (κ1) is 23.8. The zero-order valence-corrected chi connectivity index (χ0v) is 19.7. The van der Waals surface area contributed by atoms with Crippen LogP contribution in [0.3, 0.4) is 0 Å². The molecule has 0 aliphatic heterocycles. The Morgan fingerprint density at radius 1 is 0.973 bits per heavy atom. The van der Waals surface area contributed by atoms with Crippen molar-refractivity contribution in [1.82, 2.24) is 19.7 Å². The highest BCUT2D eigenvalue weighted by Crippen LogP contribution is 2.34. The van der Waals surface area contributed by atoms with Gasteiger partial charge in [0.2, 0.25) is 11.8 Å². The van der Waals surface area contributed by atoms with E-state index in [1.54, 1.807) is 42.7 Å². The van der Waals surface area contributed by atoms with E-state index in [1.165, 1.54) is 16.5 Å². The highest BCUT2D eigenvalue weighted by atomic mass is 16.3. The number of para-hydroxylation sites is 1. The van der Waals surface area contributed by atoms with E-state index in [-0.39, 0.29) is 35.9 Å². The van der Waals surface area contributed by atoms with E-state index in [0.717, 1.165) is 10.9 Å². The molecule has 9 heteroatoms. The van der Waals surface area contributed by atoms with Crippen molar-refractivity contribution in [2.45, 2.75) is 18.8 Å². The monoisotopic (exact) mass is 496 g/mol. The van der Waals surface area contributed by atoms with Gasteiger partial charge in [0.25, 0.3) is 5.56 Å². The highest BCUT2D eigenvalue weighted by molar-refractivity contribution is 5.85. The lowest BCUT2D eigenvalue weighted by molar-refractivity contribution is -0.121. The fourth-order valence-corrected chi connectivity index (χ4v) is 4.51. The van der Waals surface area contributed by atoms with Crippen LogP contribution in [0.4, 0.5) is 0 Å². The molecule has 1 atom stereocenters. The van der Waals surface area contributed by atoms with Crippen LogP contribution in [0.2, 0.25) is 0 Å². The van der Waals surface area contributed by atoms with Gasteiger partial charge in [0.15, 0.2) is 11.5 Å². The summed E-state index contributed by atoms with van der Waals surface area (Å²) >= 11 is 0. The van der Waals surface area contributed by atoms with E-state index >= 15 is 0 Å². The molecule has 0 fully saturated rings. The Morgan fingerprint density at radius 2 is 1.78 bits per heavy atom. The van der Waals surface area contributed by atoms with E-state index in [1.807, 2.05) is 24.3 Å². The third kappa shape index (κ3) is 4.79. The molecular weight excluding hydrogens is 472 g/mol. The lowest BCUT2D eigenvalue weighted by atomic mass is 9.87. The number of carbonyl (C=O) groups is 1. The predicted octanol–water partition coefficient (Wildman–Crippen LogP) is 3.24. The summed E-state index contributed by atoms with van der Waals surface area (Å²) < 4.78 is 1.35. The number of aromatic nitrogens is 3. The van der Waals surface area contributed by atoms with E-state index < -0.39 is 17.4 Å². The molecule has 3 aromatic heterocycles. The smallest absolute Gasteiger partial charge is 0.265 e. The molecule has 0 spiro atoms. The molecule has 5 rings (SSSR count). The largest absolute Gasteiger partial charge is 0.504 e. The molecule has 4 N–H and O–H groups in total. The lowest BCUT2D eigenvalue weighted by Crippen LogP contribution is -2.30. The highest BCUT2D eigenvalue weighted by Gasteiger charge is 2.28. The average Bonchev–Trinajstić information content (AvgIpc) is 2.90. The zero-order chi connectivity index (χ0) is 25.9. The van der Waals surface area contributed by atoms with E-state index in [0.29, 0.717) is 23.1 Å². The molecular formula is C28H24N4O5. The second-order valence-corrected chi connectivity index (χ2v) is 8.68. The van der Waals surface area contributed by atoms with Crippen molar-refractivity contribution in [3.8, 4) is 17.4 Å². The van der Waals surface area contributed by atoms with Crippen molar-refractivity contribution in [3.05, 3.63) is 106 Å². The number of nitrogens with zero attached hydrogens (tertiary/aromatic N) is 3. The minimum Gasteiger partial charge on any atom is -0.504 e. The van der Waals surface area contributed by atoms with Gasteiger partial charge in [-0.15, -0.1) is 0 Å². The van der Waals surface area contributed by atoms with Crippen LogP contribution >= 0.6 is 0 Å². The van der Waals surface area contributed by atoms with Crippen LogP contribution in [0.5, 0.6) is 17.4 Å². The van der Waals surface area contributed by atoms with Gasteiger partial charge in [-0.1, -0.05) is 30.3 Å². The summed E-state index contributed by atoms with van der Waals surface area (Å²) in [4.78, 5) is 35.2. The zero-order valence-electron chi connectivity index (χ0n) is 19.7. The molecule has 0 saturated carbocycles. The molecule has 9 nitrogen and oxygen atoms in total. The Hall–Kier alpha value is -4.92. The normalized spacial score (nSPS) is 12.0. The number of hydrogen-bond acceptors (Lipinski definition) is 7. The summed E-state index contributed by atoms with van der Waals surface area (Å²) in [7, 11) is 0. The number of carbonyl (C=O) groups excluding carboxylic acids is 1.